The van der Waals surface area contributed by atoms with Crippen molar-refractivity contribution in [3.8, 4) is 0 Å². The number of rotatable bonds is 3. The van der Waals surface area contributed by atoms with Crippen molar-refractivity contribution in [1.29, 1.82) is 0 Å². The van der Waals surface area contributed by atoms with Gasteiger partial charge in [0.05, 0.1) is 31.9 Å². The quantitative estimate of drug-likeness (QED) is 0.828. The van der Waals surface area contributed by atoms with Crippen LogP contribution in [0.15, 0.2) is 11.4 Å². The van der Waals surface area contributed by atoms with Gasteiger partial charge < -0.3 is 20.1 Å². The summed E-state index contributed by atoms with van der Waals surface area (Å²) >= 11 is 1.32. The van der Waals surface area contributed by atoms with Crippen LogP contribution >= 0.6 is 11.3 Å². The molecule has 2 N–H and O–H groups in total. The molecule has 0 radical (unpaired) electrons. The lowest BCUT2D eigenvalue weighted by Crippen LogP contribution is -2.46. The molecule has 0 aromatic carbocycles. The van der Waals surface area contributed by atoms with Gasteiger partial charge in [0.2, 0.25) is 0 Å². The van der Waals surface area contributed by atoms with Gasteiger partial charge in [0.1, 0.15) is 4.88 Å². The molecule has 0 aliphatic carbocycles. The van der Waals surface area contributed by atoms with E-state index in [0.29, 0.717) is 30.3 Å². The van der Waals surface area contributed by atoms with Crippen LogP contribution in [0.1, 0.15) is 16.1 Å². The monoisotopic (exact) mass is 284 g/mol. The molecule has 1 amide bonds. The number of carbonyl (C=O) groups excluding carboxylic acids is 2. The fourth-order valence-electron chi connectivity index (χ4n) is 1.93. The van der Waals surface area contributed by atoms with Crippen molar-refractivity contribution >= 4 is 28.9 Å². The summed E-state index contributed by atoms with van der Waals surface area (Å²) in [6, 6.07) is 1.71. The highest BCUT2D eigenvalue weighted by Gasteiger charge is 2.28. The van der Waals surface area contributed by atoms with E-state index in [-0.39, 0.29) is 24.4 Å². The zero-order valence-corrected chi connectivity index (χ0v) is 11.4. The van der Waals surface area contributed by atoms with Crippen LogP contribution in [-0.2, 0) is 14.3 Å². The van der Waals surface area contributed by atoms with Gasteiger partial charge in [-0.3, -0.25) is 9.59 Å². The van der Waals surface area contributed by atoms with Crippen LogP contribution in [0.4, 0.5) is 5.69 Å². The fraction of sp³-hybridized carbons (Fsp3) is 0.500. The lowest BCUT2D eigenvalue weighted by atomic mass is 10.2. The molecule has 1 saturated heterocycles. The van der Waals surface area contributed by atoms with Gasteiger partial charge in [0.25, 0.3) is 5.91 Å². The summed E-state index contributed by atoms with van der Waals surface area (Å²) in [4.78, 5) is 25.7. The maximum atomic E-state index is 12.3. The zero-order chi connectivity index (χ0) is 13.8. The molecular formula is C12H16N2O4S. The molecule has 2 heterocycles. The number of methoxy groups -OCH3 is 1. The van der Waals surface area contributed by atoms with Crippen LogP contribution in [0.2, 0.25) is 0 Å². The third-order valence-electron chi connectivity index (χ3n) is 2.94. The number of morpholine rings is 1. The zero-order valence-electron chi connectivity index (χ0n) is 10.6. The minimum atomic E-state index is -0.338. The van der Waals surface area contributed by atoms with E-state index in [9.17, 15) is 9.59 Å². The highest BCUT2D eigenvalue weighted by atomic mass is 32.1. The molecule has 1 aromatic rings. The summed E-state index contributed by atoms with van der Waals surface area (Å²) in [7, 11) is 1.33. The molecule has 19 heavy (non-hydrogen) atoms. The topological polar surface area (TPSA) is 81.9 Å². The van der Waals surface area contributed by atoms with E-state index in [1.54, 1.807) is 16.3 Å². The summed E-state index contributed by atoms with van der Waals surface area (Å²) in [5.74, 6) is -0.444. The van der Waals surface area contributed by atoms with Crippen molar-refractivity contribution < 1.29 is 19.1 Å². The molecule has 7 heteroatoms. The average Bonchev–Trinajstić information content (AvgIpc) is 2.84. The van der Waals surface area contributed by atoms with Gasteiger partial charge in [0.15, 0.2) is 0 Å². The second-order valence-corrected chi connectivity index (χ2v) is 5.15. The molecule has 1 atom stereocenters. The number of thiophene rings is 1. The van der Waals surface area contributed by atoms with E-state index < -0.39 is 0 Å². The standard InChI is InChI=1S/C12H16N2O4S/c1-17-10(15)6-8-7-14(3-4-18-8)12(16)11-9(13)2-5-19-11/h2,5,8H,3-4,6-7,13H2,1H3. The highest BCUT2D eigenvalue weighted by molar-refractivity contribution is 7.12. The first-order valence-corrected chi connectivity index (χ1v) is 6.80. The Kier molecular flexibility index (Phi) is 4.39. The number of hydrogen-bond acceptors (Lipinski definition) is 6. The number of hydrogen-bond donors (Lipinski definition) is 1. The lowest BCUT2D eigenvalue weighted by molar-refractivity contribution is -0.145. The Morgan fingerprint density at radius 3 is 3.05 bits per heavy atom. The van der Waals surface area contributed by atoms with Crippen molar-refractivity contribution in [2.75, 3.05) is 32.5 Å². The number of ether oxygens (including phenoxy) is 2. The minimum Gasteiger partial charge on any atom is -0.469 e. The smallest absolute Gasteiger partial charge is 0.308 e. The number of amides is 1. The highest BCUT2D eigenvalue weighted by Crippen LogP contribution is 2.22. The van der Waals surface area contributed by atoms with Gasteiger partial charge in [-0.1, -0.05) is 0 Å². The van der Waals surface area contributed by atoms with Crippen molar-refractivity contribution in [3.63, 3.8) is 0 Å². The normalized spacial score (nSPS) is 19.2. The fourth-order valence-corrected chi connectivity index (χ4v) is 2.72. The summed E-state index contributed by atoms with van der Waals surface area (Å²) < 4.78 is 10.1. The first kappa shape index (κ1) is 13.8. The van der Waals surface area contributed by atoms with Crippen molar-refractivity contribution in [2.24, 2.45) is 0 Å². The predicted molar refractivity (Wildman–Crippen MR) is 71.0 cm³/mol. The van der Waals surface area contributed by atoms with Crippen molar-refractivity contribution in [1.82, 2.24) is 4.90 Å². The van der Waals surface area contributed by atoms with E-state index >= 15 is 0 Å². The van der Waals surface area contributed by atoms with Crippen molar-refractivity contribution in [2.45, 2.75) is 12.5 Å². The Balaban J connectivity index is 1.99. The maximum Gasteiger partial charge on any atom is 0.308 e. The Labute approximate surface area is 115 Å². The van der Waals surface area contributed by atoms with Gasteiger partial charge in [-0.15, -0.1) is 11.3 Å². The number of esters is 1. The summed E-state index contributed by atoms with van der Waals surface area (Å²) in [5.41, 5.74) is 6.23. The van der Waals surface area contributed by atoms with E-state index in [1.165, 1.54) is 18.4 Å². The molecule has 0 spiro atoms. The Morgan fingerprint density at radius 1 is 1.63 bits per heavy atom. The van der Waals surface area contributed by atoms with Gasteiger partial charge in [0, 0.05) is 13.1 Å². The third kappa shape index (κ3) is 3.24. The number of nitrogen functional groups attached to an aromatic ring is 1. The Bertz CT molecular complexity index is 474. The molecule has 0 saturated carbocycles. The Hall–Kier alpha value is -1.60. The summed E-state index contributed by atoms with van der Waals surface area (Å²) in [6.07, 6.45) is -0.161. The molecule has 0 bridgehead atoms. The maximum absolute atomic E-state index is 12.3. The summed E-state index contributed by atoms with van der Waals surface area (Å²) in [6.45, 7) is 1.30. The largest absolute Gasteiger partial charge is 0.469 e. The van der Waals surface area contributed by atoms with E-state index in [0.717, 1.165) is 0 Å². The number of anilines is 1. The second kappa shape index (κ2) is 6.03. The van der Waals surface area contributed by atoms with E-state index in [1.807, 2.05) is 0 Å². The molecule has 1 aromatic heterocycles. The first-order valence-electron chi connectivity index (χ1n) is 5.92. The molecule has 1 unspecified atom stereocenters. The van der Waals surface area contributed by atoms with Gasteiger partial charge in [-0.05, 0) is 11.4 Å². The third-order valence-corrected chi connectivity index (χ3v) is 3.86. The predicted octanol–water partition coefficient (Wildman–Crippen LogP) is 0.734. The number of nitrogens with zero attached hydrogens (tertiary/aromatic N) is 1. The van der Waals surface area contributed by atoms with Crippen LogP contribution in [0.25, 0.3) is 0 Å². The molecule has 1 aliphatic heterocycles. The molecular weight excluding hydrogens is 268 g/mol. The second-order valence-electron chi connectivity index (χ2n) is 4.23. The average molecular weight is 284 g/mol. The first-order chi connectivity index (χ1) is 9.11. The van der Waals surface area contributed by atoms with E-state index in [2.05, 4.69) is 4.74 Å². The SMILES string of the molecule is COC(=O)CC1CN(C(=O)c2sccc2N)CCO1. The molecule has 6 nitrogen and oxygen atoms in total. The molecule has 1 aliphatic rings. The lowest BCUT2D eigenvalue weighted by Gasteiger charge is -2.32. The van der Waals surface area contributed by atoms with Crippen LogP contribution in [0, 0.1) is 0 Å². The molecule has 2 rings (SSSR count). The van der Waals surface area contributed by atoms with Gasteiger partial charge >= 0.3 is 5.97 Å². The van der Waals surface area contributed by atoms with Crippen LogP contribution < -0.4 is 5.73 Å². The molecule has 1 fully saturated rings. The number of nitrogens with two attached hydrogens (primary N) is 1. The minimum absolute atomic E-state index is 0.106. The Morgan fingerprint density at radius 2 is 2.42 bits per heavy atom. The van der Waals surface area contributed by atoms with Gasteiger partial charge in [-0.2, -0.15) is 0 Å². The van der Waals surface area contributed by atoms with Crippen molar-refractivity contribution in [3.05, 3.63) is 16.3 Å². The van der Waals surface area contributed by atoms with Crippen LogP contribution in [0.5, 0.6) is 0 Å². The van der Waals surface area contributed by atoms with Crippen LogP contribution in [-0.4, -0.2) is 49.7 Å². The summed E-state index contributed by atoms with van der Waals surface area (Å²) in [5, 5.41) is 1.79. The van der Waals surface area contributed by atoms with Crippen LogP contribution in [0.3, 0.4) is 0 Å². The van der Waals surface area contributed by atoms with E-state index in [4.69, 9.17) is 10.5 Å². The number of carbonyl (C=O) groups is 2. The molecule has 104 valence electrons. The van der Waals surface area contributed by atoms with Gasteiger partial charge in [-0.25, -0.2) is 0 Å².